The lowest BCUT2D eigenvalue weighted by molar-refractivity contribution is -0.146. The van der Waals surface area contributed by atoms with Crippen molar-refractivity contribution in [1.29, 1.82) is 0 Å². The van der Waals surface area contributed by atoms with Gasteiger partial charge in [-0.25, -0.2) is 4.79 Å². The van der Waals surface area contributed by atoms with Gasteiger partial charge in [-0.2, -0.15) is 0 Å². The van der Waals surface area contributed by atoms with Gasteiger partial charge in [-0.15, -0.1) is 0 Å². The highest BCUT2D eigenvalue weighted by molar-refractivity contribution is 6.07. The summed E-state index contributed by atoms with van der Waals surface area (Å²) in [5.41, 5.74) is 1.56. The molecule has 1 heterocycles. The summed E-state index contributed by atoms with van der Waals surface area (Å²) >= 11 is 0. The minimum absolute atomic E-state index is 0.00929. The summed E-state index contributed by atoms with van der Waals surface area (Å²) < 4.78 is 6.63. The van der Waals surface area contributed by atoms with Gasteiger partial charge in [0.15, 0.2) is 5.78 Å². The van der Waals surface area contributed by atoms with Gasteiger partial charge < -0.3 is 14.6 Å². The van der Waals surface area contributed by atoms with Gasteiger partial charge in [0.1, 0.15) is 6.04 Å². The zero-order chi connectivity index (χ0) is 18.6. The first-order valence-electron chi connectivity index (χ1n) is 8.31. The molecule has 6 heteroatoms. The fourth-order valence-corrected chi connectivity index (χ4v) is 2.80. The number of Topliss-reactive ketones (excluding diaryl/α,β-unsaturated/α-hetero) is 1. The summed E-state index contributed by atoms with van der Waals surface area (Å²) in [6.07, 6.45) is 1.98. The number of hydrogen-bond donors (Lipinski definition) is 1. The molecule has 1 aromatic carbocycles. The van der Waals surface area contributed by atoms with Crippen LogP contribution >= 0.6 is 0 Å². The fraction of sp³-hybridized carbons (Fsp3) is 0.421. The third-order valence-electron chi connectivity index (χ3n) is 4.19. The molecular formula is C19H24N2O4. The molecule has 1 aromatic heterocycles. The Bertz CT molecular complexity index is 792. The van der Waals surface area contributed by atoms with Crippen LogP contribution in [0.3, 0.4) is 0 Å². The number of benzene rings is 1. The van der Waals surface area contributed by atoms with E-state index in [0.29, 0.717) is 12.1 Å². The first-order chi connectivity index (χ1) is 11.8. The number of hydrogen-bond acceptors (Lipinski definition) is 4. The molecule has 2 rings (SSSR count). The standard InChI is InChI=1S/C19H24N2O4/c1-12(2)18(19(24)25-4)20-17(23)9-10-21-11-15(13(3)22)14-7-5-6-8-16(14)21/h5-8,11-12,18H,9-10H2,1-4H3,(H,20,23)/t18-/m1/s1. The molecule has 0 bridgehead atoms. The number of nitrogens with zero attached hydrogens (tertiary/aromatic N) is 1. The van der Waals surface area contributed by atoms with Crippen molar-refractivity contribution in [2.45, 2.75) is 39.8 Å². The van der Waals surface area contributed by atoms with Crippen molar-refractivity contribution in [3.8, 4) is 0 Å². The van der Waals surface area contributed by atoms with E-state index >= 15 is 0 Å². The van der Waals surface area contributed by atoms with E-state index in [2.05, 4.69) is 5.32 Å². The maximum atomic E-state index is 12.2. The highest BCUT2D eigenvalue weighted by Crippen LogP contribution is 2.22. The zero-order valence-corrected chi connectivity index (χ0v) is 15.0. The average molecular weight is 344 g/mol. The summed E-state index contributed by atoms with van der Waals surface area (Å²) in [5, 5.41) is 3.60. The summed E-state index contributed by atoms with van der Waals surface area (Å²) in [6, 6.07) is 6.94. The van der Waals surface area contributed by atoms with Gasteiger partial charge in [-0.3, -0.25) is 9.59 Å². The number of carbonyl (C=O) groups excluding carboxylic acids is 3. The van der Waals surface area contributed by atoms with E-state index in [1.165, 1.54) is 14.0 Å². The maximum Gasteiger partial charge on any atom is 0.328 e. The van der Waals surface area contributed by atoms with Crippen LogP contribution in [0.5, 0.6) is 0 Å². The molecule has 0 saturated heterocycles. The Balaban J connectivity index is 2.11. The normalized spacial score (nSPS) is 12.2. The highest BCUT2D eigenvalue weighted by Gasteiger charge is 2.24. The number of carbonyl (C=O) groups is 3. The molecule has 1 atom stereocenters. The molecule has 0 spiro atoms. The fourth-order valence-electron chi connectivity index (χ4n) is 2.80. The van der Waals surface area contributed by atoms with Gasteiger partial charge in [0.05, 0.1) is 7.11 Å². The Hall–Kier alpha value is -2.63. The first-order valence-corrected chi connectivity index (χ1v) is 8.31. The number of amides is 1. The number of esters is 1. The van der Waals surface area contributed by atoms with Crippen LogP contribution in [0.2, 0.25) is 0 Å². The van der Waals surface area contributed by atoms with Crippen molar-refractivity contribution in [2.75, 3.05) is 7.11 Å². The quantitative estimate of drug-likeness (QED) is 0.618. The molecule has 0 fully saturated rings. The second-order valence-corrected chi connectivity index (χ2v) is 6.37. The highest BCUT2D eigenvalue weighted by atomic mass is 16.5. The van der Waals surface area contributed by atoms with E-state index in [0.717, 1.165) is 10.9 Å². The Morgan fingerprint density at radius 3 is 2.48 bits per heavy atom. The van der Waals surface area contributed by atoms with E-state index < -0.39 is 12.0 Å². The van der Waals surface area contributed by atoms with Crippen LogP contribution in [-0.4, -0.2) is 35.4 Å². The number of rotatable bonds is 7. The molecule has 0 unspecified atom stereocenters. The van der Waals surface area contributed by atoms with Crippen LogP contribution in [-0.2, 0) is 20.9 Å². The van der Waals surface area contributed by atoms with Crippen LogP contribution < -0.4 is 5.32 Å². The Morgan fingerprint density at radius 2 is 1.88 bits per heavy atom. The van der Waals surface area contributed by atoms with Crippen molar-refractivity contribution >= 4 is 28.6 Å². The maximum absolute atomic E-state index is 12.2. The SMILES string of the molecule is COC(=O)[C@H](NC(=O)CCn1cc(C(C)=O)c2ccccc21)C(C)C. The van der Waals surface area contributed by atoms with E-state index in [1.807, 2.05) is 42.7 Å². The van der Waals surface area contributed by atoms with Crippen LogP contribution in [0.1, 0.15) is 37.6 Å². The minimum Gasteiger partial charge on any atom is -0.467 e. The van der Waals surface area contributed by atoms with Crippen LogP contribution in [0.25, 0.3) is 10.9 Å². The molecule has 1 N–H and O–H groups in total. The number of aryl methyl sites for hydroxylation is 1. The molecular weight excluding hydrogens is 320 g/mol. The smallest absolute Gasteiger partial charge is 0.328 e. The second-order valence-electron chi connectivity index (χ2n) is 6.37. The summed E-state index contributed by atoms with van der Waals surface area (Å²) in [6.45, 7) is 5.65. The van der Waals surface area contributed by atoms with E-state index in [4.69, 9.17) is 4.74 Å². The van der Waals surface area contributed by atoms with Gasteiger partial charge in [0.25, 0.3) is 0 Å². The van der Waals surface area contributed by atoms with Crippen molar-refractivity contribution in [2.24, 2.45) is 5.92 Å². The van der Waals surface area contributed by atoms with Gasteiger partial charge in [-0.05, 0) is 18.9 Å². The monoisotopic (exact) mass is 344 g/mol. The third-order valence-corrected chi connectivity index (χ3v) is 4.19. The van der Waals surface area contributed by atoms with Gasteiger partial charge in [-0.1, -0.05) is 32.0 Å². The molecule has 0 aliphatic carbocycles. The molecule has 2 aromatic rings. The van der Waals surface area contributed by atoms with E-state index in [1.54, 1.807) is 6.20 Å². The van der Waals surface area contributed by atoms with E-state index in [9.17, 15) is 14.4 Å². The largest absolute Gasteiger partial charge is 0.467 e. The summed E-state index contributed by atoms with van der Waals surface area (Å²) in [4.78, 5) is 35.8. The van der Waals surface area contributed by atoms with Crippen molar-refractivity contribution in [1.82, 2.24) is 9.88 Å². The predicted molar refractivity (Wildman–Crippen MR) is 95.3 cm³/mol. The molecule has 25 heavy (non-hydrogen) atoms. The molecule has 0 saturated carbocycles. The Labute approximate surface area is 147 Å². The minimum atomic E-state index is -0.660. The van der Waals surface area contributed by atoms with Crippen LogP contribution in [0.15, 0.2) is 30.5 Å². The predicted octanol–water partition coefficient (Wildman–Crippen LogP) is 2.55. The average Bonchev–Trinajstić information content (AvgIpc) is 2.96. The van der Waals surface area contributed by atoms with Crippen LogP contribution in [0, 0.1) is 5.92 Å². The first kappa shape index (κ1) is 18.7. The van der Waals surface area contributed by atoms with Crippen molar-refractivity contribution in [3.63, 3.8) is 0 Å². The lowest BCUT2D eigenvalue weighted by atomic mass is 10.0. The third kappa shape index (κ3) is 4.26. The summed E-state index contributed by atoms with van der Waals surface area (Å²) in [7, 11) is 1.30. The van der Waals surface area contributed by atoms with Gasteiger partial charge in [0, 0.05) is 35.6 Å². The number of ether oxygens (including phenoxy) is 1. The number of ketones is 1. The van der Waals surface area contributed by atoms with Gasteiger partial charge in [0.2, 0.25) is 5.91 Å². The lowest BCUT2D eigenvalue weighted by Gasteiger charge is -2.19. The number of methoxy groups -OCH3 is 1. The number of fused-ring (bicyclic) bond motifs is 1. The van der Waals surface area contributed by atoms with Crippen LogP contribution in [0.4, 0.5) is 0 Å². The van der Waals surface area contributed by atoms with Crippen molar-refractivity contribution in [3.05, 3.63) is 36.0 Å². The lowest BCUT2D eigenvalue weighted by Crippen LogP contribution is -2.45. The number of nitrogens with one attached hydrogen (secondary N) is 1. The van der Waals surface area contributed by atoms with E-state index in [-0.39, 0.29) is 24.0 Å². The molecule has 0 aliphatic rings. The Kier molecular flexibility index (Phi) is 5.96. The summed E-state index contributed by atoms with van der Waals surface area (Å²) in [5.74, 6) is -0.752. The zero-order valence-electron chi connectivity index (χ0n) is 15.0. The molecule has 6 nitrogen and oxygen atoms in total. The molecule has 1 amide bonds. The number of para-hydroxylation sites is 1. The topological polar surface area (TPSA) is 77.4 Å². The van der Waals surface area contributed by atoms with Gasteiger partial charge >= 0.3 is 5.97 Å². The number of aromatic nitrogens is 1. The second kappa shape index (κ2) is 7.96. The van der Waals surface area contributed by atoms with Crippen molar-refractivity contribution < 1.29 is 19.1 Å². The molecule has 134 valence electrons. The Morgan fingerprint density at radius 1 is 1.20 bits per heavy atom. The molecule has 0 radical (unpaired) electrons. The molecule has 0 aliphatic heterocycles.